The molecule has 0 N–H and O–H groups in total. The summed E-state index contributed by atoms with van der Waals surface area (Å²) in [6, 6.07) is 0. The molecule has 0 aromatic carbocycles. The SMILES string of the molecule is CC1(O[P+](=O)[O-])CO1. The number of ether oxygens (including phenoxy) is 1. The molecule has 0 aliphatic carbocycles. The van der Waals surface area contributed by atoms with Crippen molar-refractivity contribution >= 4 is 8.25 Å². The van der Waals surface area contributed by atoms with Crippen LogP contribution in [0.4, 0.5) is 0 Å². The fourth-order valence-corrected chi connectivity index (χ4v) is 0.733. The molecule has 8 heavy (non-hydrogen) atoms. The minimum atomic E-state index is -2.75. The van der Waals surface area contributed by atoms with Gasteiger partial charge in [0.15, 0.2) is 0 Å². The standard InChI is InChI=1S/C3H5O4P/c1-3(2-6-3)7-8(4)5/h2H2,1H3. The van der Waals surface area contributed by atoms with Crippen LogP contribution < -0.4 is 4.89 Å². The Morgan fingerprint density at radius 1 is 2.00 bits per heavy atom. The van der Waals surface area contributed by atoms with Crippen molar-refractivity contribution in [3.63, 3.8) is 0 Å². The smallest absolute Gasteiger partial charge is 0.491 e. The van der Waals surface area contributed by atoms with Crippen LogP contribution in [0.25, 0.3) is 0 Å². The summed E-state index contributed by atoms with van der Waals surface area (Å²) in [6.07, 6.45) is 0. The van der Waals surface area contributed by atoms with Gasteiger partial charge < -0.3 is 9.63 Å². The minimum absolute atomic E-state index is 0.371. The van der Waals surface area contributed by atoms with Gasteiger partial charge in [0.1, 0.15) is 6.61 Å². The van der Waals surface area contributed by atoms with Crippen molar-refractivity contribution in [3.8, 4) is 0 Å². The van der Waals surface area contributed by atoms with E-state index in [0.717, 1.165) is 0 Å². The number of hydrogen-bond donors (Lipinski definition) is 0. The summed E-state index contributed by atoms with van der Waals surface area (Å²) in [6.45, 7) is 1.94. The largest absolute Gasteiger partial charge is 0.566 e. The molecule has 0 saturated carbocycles. The van der Waals surface area contributed by atoms with Crippen LogP contribution in [0.15, 0.2) is 0 Å². The maximum Gasteiger partial charge on any atom is 0.491 e. The first-order valence-corrected chi connectivity index (χ1v) is 3.19. The fraction of sp³-hybridized carbons (Fsp3) is 1.00. The minimum Gasteiger partial charge on any atom is -0.566 e. The second-order valence-corrected chi connectivity index (χ2v) is 2.37. The summed E-state index contributed by atoms with van der Waals surface area (Å²) in [4.78, 5) is 9.79. The molecule has 2 unspecified atom stereocenters. The van der Waals surface area contributed by atoms with Gasteiger partial charge in [0, 0.05) is 0 Å². The van der Waals surface area contributed by atoms with Crippen LogP contribution in [0.3, 0.4) is 0 Å². The highest BCUT2D eigenvalue weighted by molar-refractivity contribution is 7.30. The van der Waals surface area contributed by atoms with E-state index >= 15 is 0 Å². The molecule has 1 aliphatic heterocycles. The van der Waals surface area contributed by atoms with Gasteiger partial charge in [-0.1, -0.05) is 0 Å². The Morgan fingerprint density at radius 2 is 2.50 bits per heavy atom. The molecule has 1 fully saturated rings. The average Bonchev–Trinajstić information content (AvgIpc) is 2.17. The number of rotatable bonds is 2. The van der Waals surface area contributed by atoms with E-state index in [9.17, 15) is 9.46 Å². The van der Waals surface area contributed by atoms with Gasteiger partial charge in [0.25, 0.3) is 0 Å². The monoisotopic (exact) mass is 136 g/mol. The lowest BCUT2D eigenvalue weighted by atomic mass is 10.5. The van der Waals surface area contributed by atoms with Gasteiger partial charge in [-0.25, -0.2) is 0 Å². The zero-order valence-corrected chi connectivity index (χ0v) is 5.18. The average molecular weight is 136 g/mol. The van der Waals surface area contributed by atoms with Gasteiger partial charge in [-0.2, -0.15) is 0 Å². The second-order valence-electron chi connectivity index (χ2n) is 1.74. The van der Waals surface area contributed by atoms with Gasteiger partial charge in [0.05, 0.1) is 0 Å². The van der Waals surface area contributed by atoms with Gasteiger partial charge in [-0.15, -0.1) is 4.52 Å². The van der Waals surface area contributed by atoms with E-state index in [1.807, 2.05) is 0 Å². The first-order chi connectivity index (χ1) is 3.62. The van der Waals surface area contributed by atoms with E-state index in [1.54, 1.807) is 6.92 Å². The summed E-state index contributed by atoms with van der Waals surface area (Å²) in [5.41, 5.74) is 0. The van der Waals surface area contributed by atoms with Crippen LogP contribution in [-0.2, 0) is 13.8 Å². The highest BCUT2D eigenvalue weighted by Crippen LogP contribution is 2.34. The predicted octanol–water partition coefficient (Wildman–Crippen LogP) is -0.233. The fourth-order valence-electron chi connectivity index (χ4n) is 0.312. The zero-order valence-electron chi connectivity index (χ0n) is 4.29. The number of epoxide rings is 1. The van der Waals surface area contributed by atoms with Crippen LogP contribution in [0.5, 0.6) is 0 Å². The third kappa shape index (κ3) is 1.49. The van der Waals surface area contributed by atoms with Gasteiger partial charge >= 0.3 is 8.25 Å². The third-order valence-electron chi connectivity index (χ3n) is 0.819. The summed E-state index contributed by atoms with van der Waals surface area (Å²) in [7, 11) is -2.75. The first kappa shape index (κ1) is 6.11. The van der Waals surface area contributed by atoms with E-state index < -0.39 is 14.0 Å². The van der Waals surface area contributed by atoms with E-state index in [2.05, 4.69) is 9.26 Å². The highest BCUT2D eigenvalue weighted by Gasteiger charge is 2.46. The molecule has 2 atom stereocenters. The van der Waals surface area contributed by atoms with Crippen LogP contribution in [0, 0.1) is 0 Å². The quantitative estimate of drug-likeness (QED) is 0.388. The zero-order chi connectivity index (χ0) is 6.20. The molecule has 46 valence electrons. The molecule has 4 nitrogen and oxygen atoms in total. The highest BCUT2D eigenvalue weighted by atomic mass is 31.1. The first-order valence-electron chi connectivity index (χ1n) is 2.10. The molecule has 0 radical (unpaired) electrons. The lowest BCUT2D eigenvalue weighted by molar-refractivity contribution is -0.194. The van der Waals surface area contributed by atoms with Crippen LogP contribution in [0.1, 0.15) is 6.92 Å². The van der Waals surface area contributed by atoms with Gasteiger partial charge in [-0.3, -0.25) is 0 Å². The molecular weight excluding hydrogens is 131 g/mol. The lowest BCUT2D eigenvalue weighted by Gasteiger charge is -1.92. The van der Waals surface area contributed by atoms with Crippen molar-refractivity contribution in [3.05, 3.63) is 0 Å². The molecule has 0 spiro atoms. The normalized spacial score (nSPS) is 37.0. The molecular formula is C3H5O4P. The van der Waals surface area contributed by atoms with E-state index in [1.165, 1.54) is 0 Å². The molecule has 0 bridgehead atoms. The van der Waals surface area contributed by atoms with Crippen LogP contribution in [-0.4, -0.2) is 12.4 Å². The molecule has 1 heterocycles. The maximum absolute atomic E-state index is 9.79. The topological polar surface area (TPSA) is 61.9 Å². The summed E-state index contributed by atoms with van der Waals surface area (Å²) in [5.74, 6) is -0.824. The number of hydrogen-bond acceptors (Lipinski definition) is 4. The van der Waals surface area contributed by atoms with Crippen molar-refractivity contribution in [2.24, 2.45) is 0 Å². The van der Waals surface area contributed by atoms with Crippen molar-refractivity contribution in [1.82, 2.24) is 0 Å². The van der Waals surface area contributed by atoms with E-state index in [0.29, 0.717) is 6.61 Å². The van der Waals surface area contributed by atoms with Crippen LogP contribution >= 0.6 is 8.25 Å². The maximum atomic E-state index is 9.79. The molecule has 1 aliphatic rings. The molecule has 0 amide bonds. The Balaban J connectivity index is 2.29. The lowest BCUT2D eigenvalue weighted by Crippen LogP contribution is -2.07. The Labute approximate surface area is 47.4 Å². The van der Waals surface area contributed by atoms with Crippen molar-refractivity contribution < 1.29 is 18.7 Å². The van der Waals surface area contributed by atoms with Gasteiger partial charge in [-0.05, 0) is 11.5 Å². The van der Waals surface area contributed by atoms with Gasteiger partial charge in [0.2, 0.25) is 5.79 Å². The molecule has 0 aromatic heterocycles. The van der Waals surface area contributed by atoms with Crippen molar-refractivity contribution in [2.45, 2.75) is 12.7 Å². The predicted molar refractivity (Wildman–Crippen MR) is 23.0 cm³/mol. The Bertz CT molecular complexity index is 118. The summed E-state index contributed by atoms with van der Waals surface area (Å²) in [5, 5.41) is 0. The summed E-state index contributed by atoms with van der Waals surface area (Å²) >= 11 is 0. The summed E-state index contributed by atoms with van der Waals surface area (Å²) < 4.78 is 18.7. The van der Waals surface area contributed by atoms with Crippen molar-refractivity contribution in [1.29, 1.82) is 0 Å². The molecule has 5 heteroatoms. The molecule has 1 rings (SSSR count). The van der Waals surface area contributed by atoms with Crippen LogP contribution in [0.2, 0.25) is 0 Å². The second kappa shape index (κ2) is 1.74. The molecule has 1 saturated heterocycles. The Hall–Kier alpha value is -0.0200. The molecule has 0 aromatic rings. The van der Waals surface area contributed by atoms with Crippen molar-refractivity contribution in [2.75, 3.05) is 6.61 Å². The third-order valence-corrected chi connectivity index (χ3v) is 1.35. The Morgan fingerprint density at radius 3 is 2.62 bits per heavy atom. The Kier molecular flexibility index (Phi) is 1.33. The van der Waals surface area contributed by atoms with E-state index in [-0.39, 0.29) is 0 Å². The van der Waals surface area contributed by atoms with E-state index in [4.69, 9.17) is 0 Å².